The highest BCUT2D eigenvalue weighted by molar-refractivity contribution is 5.79. The Morgan fingerprint density at radius 3 is 2.82 bits per heavy atom. The van der Waals surface area contributed by atoms with E-state index in [1.54, 1.807) is 12.5 Å². The summed E-state index contributed by atoms with van der Waals surface area (Å²) >= 11 is 0. The minimum atomic E-state index is 0.0795. The highest BCUT2D eigenvalue weighted by Crippen LogP contribution is 2.24. The SMILES string of the molecule is NC1CCC(C(=O)NCc2ccccc2Cn2ccnc2)C1. The first-order chi connectivity index (χ1) is 10.7. The number of carbonyl (C=O) groups excluding carboxylic acids is 1. The Balaban J connectivity index is 1.61. The van der Waals surface area contributed by atoms with Crippen LogP contribution in [0.3, 0.4) is 0 Å². The van der Waals surface area contributed by atoms with Gasteiger partial charge in [-0.05, 0) is 30.4 Å². The maximum atomic E-state index is 12.2. The normalized spacial score (nSPS) is 21.0. The molecule has 1 heterocycles. The maximum Gasteiger partial charge on any atom is 0.223 e. The van der Waals surface area contributed by atoms with Gasteiger partial charge in [0.15, 0.2) is 0 Å². The van der Waals surface area contributed by atoms with Crippen molar-refractivity contribution in [1.29, 1.82) is 0 Å². The summed E-state index contributed by atoms with van der Waals surface area (Å²) in [6.07, 6.45) is 8.18. The fourth-order valence-electron chi connectivity index (χ4n) is 3.04. The second-order valence-corrected chi connectivity index (χ2v) is 5.99. The van der Waals surface area contributed by atoms with Crippen LogP contribution in [-0.2, 0) is 17.9 Å². The third kappa shape index (κ3) is 3.54. The highest BCUT2D eigenvalue weighted by atomic mass is 16.1. The van der Waals surface area contributed by atoms with Crippen LogP contribution in [0.2, 0.25) is 0 Å². The van der Waals surface area contributed by atoms with E-state index >= 15 is 0 Å². The van der Waals surface area contributed by atoms with Crippen LogP contribution >= 0.6 is 0 Å². The number of hydrogen-bond donors (Lipinski definition) is 2. The van der Waals surface area contributed by atoms with Crippen LogP contribution in [0.15, 0.2) is 43.0 Å². The molecule has 22 heavy (non-hydrogen) atoms. The molecular formula is C17H22N4O. The zero-order valence-electron chi connectivity index (χ0n) is 12.6. The van der Waals surface area contributed by atoms with Crippen molar-refractivity contribution in [3.05, 3.63) is 54.1 Å². The molecule has 5 heteroatoms. The first-order valence-electron chi connectivity index (χ1n) is 7.78. The van der Waals surface area contributed by atoms with Crippen molar-refractivity contribution in [3.63, 3.8) is 0 Å². The number of nitrogens with zero attached hydrogens (tertiary/aromatic N) is 2. The van der Waals surface area contributed by atoms with Gasteiger partial charge in [0, 0.05) is 37.4 Å². The summed E-state index contributed by atoms with van der Waals surface area (Å²) < 4.78 is 2.02. The lowest BCUT2D eigenvalue weighted by atomic mass is 10.1. The van der Waals surface area contributed by atoms with Gasteiger partial charge in [-0.2, -0.15) is 0 Å². The lowest BCUT2D eigenvalue weighted by molar-refractivity contribution is -0.125. The summed E-state index contributed by atoms with van der Waals surface area (Å²) in [4.78, 5) is 16.3. The van der Waals surface area contributed by atoms with Gasteiger partial charge in [0.1, 0.15) is 0 Å². The summed E-state index contributed by atoms with van der Waals surface area (Å²) in [5.74, 6) is 0.209. The second-order valence-electron chi connectivity index (χ2n) is 5.99. The van der Waals surface area contributed by atoms with Gasteiger partial charge in [-0.15, -0.1) is 0 Å². The Bertz CT molecular complexity index is 623. The summed E-state index contributed by atoms with van der Waals surface area (Å²) in [7, 11) is 0. The van der Waals surface area contributed by atoms with Gasteiger partial charge in [-0.25, -0.2) is 4.98 Å². The Labute approximate surface area is 130 Å². The second kappa shape index (κ2) is 6.75. The van der Waals surface area contributed by atoms with Crippen molar-refractivity contribution < 1.29 is 4.79 Å². The number of hydrogen-bond acceptors (Lipinski definition) is 3. The van der Waals surface area contributed by atoms with Crippen molar-refractivity contribution >= 4 is 5.91 Å². The van der Waals surface area contributed by atoms with Gasteiger partial charge in [-0.3, -0.25) is 4.79 Å². The molecule has 3 N–H and O–H groups in total. The number of aromatic nitrogens is 2. The molecule has 2 unspecified atom stereocenters. The third-order valence-electron chi connectivity index (χ3n) is 4.33. The average molecular weight is 298 g/mol. The first kappa shape index (κ1) is 14.8. The zero-order chi connectivity index (χ0) is 15.4. The Morgan fingerprint density at radius 1 is 1.32 bits per heavy atom. The number of imidazole rings is 1. The molecule has 2 atom stereocenters. The standard InChI is InChI=1S/C17H22N4O/c18-16-6-5-13(9-16)17(22)20-10-14-3-1-2-4-15(14)11-21-8-7-19-12-21/h1-4,7-8,12-13,16H,5-6,9-11,18H2,(H,20,22). The fraction of sp³-hybridized carbons (Fsp3) is 0.412. The molecule has 3 rings (SSSR count). The van der Waals surface area contributed by atoms with E-state index < -0.39 is 0 Å². The Morgan fingerprint density at radius 2 is 2.14 bits per heavy atom. The Hall–Kier alpha value is -2.14. The summed E-state index contributed by atoms with van der Waals surface area (Å²) in [6, 6.07) is 8.36. The number of amides is 1. The molecule has 1 aliphatic rings. The fourth-order valence-corrected chi connectivity index (χ4v) is 3.04. The average Bonchev–Trinajstić information content (AvgIpc) is 3.18. The number of rotatable bonds is 5. The molecule has 2 aromatic rings. The van der Waals surface area contributed by atoms with Crippen molar-refractivity contribution in [2.75, 3.05) is 0 Å². The monoisotopic (exact) mass is 298 g/mol. The van der Waals surface area contributed by atoms with Crippen molar-refractivity contribution in [1.82, 2.24) is 14.9 Å². The molecule has 1 fully saturated rings. The maximum absolute atomic E-state index is 12.2. The van der Waals surface area contributed by atoms with Gasteiger partial charge in [0.25, 0.3) is 0 Å². The summed E-state index contributed by atoms with van der Waals surface area (Å²) in [5, 5.41) is 3.06. The molecule has 0 radical (unpaired) electrons. The predicted molar refractivity (Wildman–Crippen MR) is 84.9 cm³/mol. The Kier molecular flexibility index (Phi) is 4.53. The molecule has 5 nitrogen and oxygen atoms in total. The summed E-state index contributed by atoms with van der Waals surface area (Å²) in [6.45, 7) is 1.33. The highest BCUT2D eigenvalue weighted by Gasteiger charge is 2.27. The molecule has 0 aliphatic heterocycles. The zero-order valence-corrected chi connectivity index (χ0v) is 12.6. The van der Waals surface area contributed by atoms with Crippen LogP contribution < -0.4 is 11.1 Å². The molecule has 1 saturated carbocycles. The van der Waals surface area contributed by atoms with Gasteiger partial charge >= 0.3 is 0 Å². The van der Waals surface area contributed by atoms with Crippen LogP contribution in [0.5, 0.6) is 0 Å². The summed E-state index contributed by atoms with van der Waals surface area (Å²) in [5.41, 5.74) is 8.22. The largest absolute Gasteiger partial charge is 0.352 e. The molecule has 0 saturated heterocycles. The minimum Gasteiger partial charge on any atom is -0.352 e. The molecule has 116 valence electrons. The topological polar surface area (TPSA) is 72.9 Å². The lowest BCUT2D eigenvalue weighted by Crippen LogP contribution is -2.30. The molecule has 1 aromatic heterocycles. The van der Waals surface area contributed by atoms with Gasteiger partial charge < -0.3 is 15.6 Å². The van der Waals surface area contributed by atoms with Crippen LogP contribution in [0.1, 0.15) is 30.4 Å². The van der Waals surface area contributed by atoms with E-state index in [2.05, 4.69) is 22.4 Å². The van der Waals surface area contributed by atoms with Crippen molar-refractivity contribution in [2.45, 2.75) is 38.4 Å². The number of nitrogens with two attached hydrogens (primary N) is 1. The molecule has 0 spiro atoms. The smallest absolute Gasteiger partial charge is 0.223 e. The predicted octanol–water partition coefficient (Wildman–Crippen LogP) is 1.67. The number of nitrogens with one attached hydrogen (secondary N) is 1. The van der Waals surface area contributed by atoms with Gasteiger partial charge in [0.05, 0.1) is 6.33 Å². The van der Waals surface area contributed by atoms with Crippen LogP contribution in [0, 0.1) is 5.92 Å². The molecule has 1 aliphatic carbocycles. The van der Waals surface area contributed by atoms with Crippen molar-refractivity contribution in [2.24, 2.45) is 11.7 Å². The molecular weight excluding hydrogens is 276 g/mol. The van der Waals surface area contributed by atoms with Crippen molar-refractivity contribution in [3.8, 4) is 0 Å². The van der Waals surface area contributed by atoms with E-state index in [4.69, 9.17) is 5.73 Å². The molecule has 0 bridgehead atoms. The third-order valence-corrected chi connectivity index (χ3v) is 4.33. The number of carbonyl (C=O) groups is 1. The first-order valence-corrected chi connectivity index (χ1v) is 7.78. The minimum absolute atomic E-state index is 0.0795. The van der Waals surface area contributed by atoms with E-state index in [-0.39, 0.29) is 17.9 Å². The van der Waals surface area contributed by atoms with Gasteiger partial charge in [-0.1, -0.05) is 24.3 Å². The van der Waals surface area contributed by atoms with Crippen LogP contribution in [0.4, 0.5) is 0 Å². The van der Waals surface area contributed by atoms with E-state index in [9.17, 15) is 4.79 Å². The lowest BCUT2D eigenvalue weighted by Gasteiger charge is -2.14. The molecule has 1 amide bonds. The van der Waals surface area contributed by atoms with Crippen LogP contribution in [0.25, 0.3) is 0 Å². The van der Waals surface area contributed by atoms with E-state index in [0.717, 1.165) is 31.4 Å². The van der Waals surface area contributed by atoms with Gasteiger partial charge in [0.2, 0.25) is 5.91 Å². The quantitative estimate of drug-likeness (QED) is 0.882. The van der Waals surface area contributed by atoms with Crippen LogP contribution in [-0.4, -0.2) is 21.5 Å². The number of benzene rings is 1. The molecule has 1 aromatic carbocycles. The van der Waals surface area contributed by atoms with E-state index in [1.807, 2.05) is 22.9 Å². The van der Waals surface area contributed by atoms with E-state index in [0.29, 0.717) is 6.54 Å². The van der Waals surface area contributed by atoms with E-state index in [1.165, 1.54) is 5.56 Å².